The van der Waals surface area contributed by atoms with Crippen molar-refractivity contribution >= 4 is 27.5 Å². The second-order valence-corrected chi connectivity index (χ2v) is 7.72. The molecule has 0 radical (unpaired) electrons. The molecule has 1 aliphatic heterocycles. The number of carboxylic acid groups (broad SMARTS) is 1. The van der Waals surface area contributed by atoms with E-state index in [1.807, 2.05) is 16.8 Å². The van der Waals surface area contributed by atoms with Crippen LogP contribution >= 0.6 is 11.3 Å². The van der Waals surface area contributed by atoms with Gasteiger partial charge in [0.25, 0.3) is 10.2 Å². The van der Waals surface area contributed by atoms with E-state index in [1.54, 1.807) is 7.05 Å². The van der Waals surface area contributed by atoms with E-state index in [0.717, 1.165) is 5.56 Å². The fraction of sp³-hybridized carbons (Fsp3) is 0.583. The minimum Gasteiger partial charge on any atom is -0.481 e. The summed E-state index contributed by atoms with van der Waals surface area (Å²) in [5.74, 6) is -1.27. The second-order valence-electron chi connectivity index (χ2n) is 4.91. The van der Waals surface area contributed by atoms with Crippen molar-refractivity contribution in [2.24, 2.45) is 5.92 Å². The lowest BCUT2D eigenvalue weighted by molar-refractivity contribution is -0.142. The molecule has 1 saturated heterocycles. The van der Waals surface area contributed by atoms with Crippen LogP contribution in [0.2, 0.25) is 0 Å². The third-order valence-electron chi connectivity index (χ3n) is 3.51. The Labute approximate surface area is 122 Å². The number of nitrogens with zero attached hydrogens (tertiary/aromatic N) is 2. The molecule has 2 heterocycles. The summed E-state index contributed by atoms with van der Waals surface area (Å²) in [5, 5.41) is 12.8. The Morgan fingerprint density at radius 2 is 2.15 bits per heavy atom. The molecule has 0 unspecified atom stereocenters. The van der Waals surface area contributed by atoms with Crippen LogP contribution in [0, 0.1) is 5.92 Å². The SMILES string of the molecule is CN(Cc1ccsc1)S(=O)(=O)N1CCC(C(=O)O)CC1. The molecule has 1 aromatic heterocycles. The minimum atomic E-state index is -3.51. The number of carbonyl (C=O) groups is 1. The van der Waals surface area contributed by atoms with Gasteiger partial charge in [-0.1, -0.05) is 0 Å². The average Bonchev–Trinajstić information content (AvgIpc) is 2.91. The molecular weight excluding hydrogens is 300 g/mol. The van der Waals surface area contributed by atoms with Crippen molar-refractivity contribution in [3.05, 3.63) is 22.4 Å². The average molecular weight is 318 g/mol. The molecular formula is C12H18N2O4S2. The Morgan fingerprint density at radius 1 is 1.50 bits per heavy atom. The number of aliphatic carboxylic acids is 1. The zero-order valence-corrected chi connectivity index (χ0v) is 12.9. The highest BCUT2D eigenvalue weighted by Gasteiger charge is 2.33. The number of hydrogen-bond acceptors (Lipinski definition) is 4. The van der Waals surface area contributed by atoms with Crippen LogP contribution in [0.25, 0.3) is 0 Å². The highest BCUT2D eigenvalue weighted by atomic mass is 32.2. The summed E-state index contributed by atoms with van der Waals surface area (Å²) in [4.78, 5) is 10.9. The van der Waals surface area contributed by atoms with Crippen LogP contribution in [-0.4, -0.2) is 48.2 Å². The van der Waals surface area contributed by atoms with Gasteiger partial charge in [-0.15, -0.1) is 0 Å². The normalized spacial score (nSPS) is 18.5. The summed E-state index contributed by atoms with van der Waals surface area (Å²) >= 11 is 1.53. The van der Waals surface area contributed by atoms with E-state index < -0.39 is 22.1 Å². The number of hydrogen-bond donors (Lipinski definition) is 1. The predicted molar refractivity (Wildman–Crippen MR) is 76.6 cm³/mol. The van der Waals surface area contributed by atoms with Crippen LogP contribution in [0.15, 0.2) is 16.8 Å². The second kappa shape index (κ2) is 6.21. The topological polar surface area (TPSA) is 77.9 Å². The van der Waals surface area contributed by atoms with Gasteiger partial charge in [0.2, 0.25) is 0 Å². The Hall–Kier alpha value is -0.960. The summed E-state index contributed by atoms with van der Waals surface area (Å²) in [6.45, 7) is 0.880. The third-order valence-corrected chi connectivity index (χ3v) is 6.18. The van der Waals surface area contributed by atoms with Crippen LogP contribution in [-0.2, 0) is 21.5 Å². The Morgan fingerprint density at radius 3 is 2.65 bits per heavy atom. The Bertz CT molecular complexity index is 548. The van der Waals surface area contributed by atoms with E-state index in [-0.39, 0.29) is 13.1 Å². The summed E-state index contributed by atoms with van der Waals surface area (Å²) in [6, 6.07) is 1.90. The van der Waals surface area contributed by atoms with Crippen molar-refractivity contribution in [1.82, 2.24) is 8.61 Å². The summed E-state index contributed by atoms with van der Waals surface area (Å²) < 4.78 is 27.5. The first-order valence-corrected chi connectivity index (χ1v) is 8.70. The molecule has 0 aromatic carbocycles. The fourth-order valence-corrected chi connectivity index (χ4v) is 4.29. The molecule has 1 aromatic rings. The number of carboxylic acids is 1. The zero-order chi connectivity index (χ0) is 14.8. The van der Waals surface area contributed by atoms with E-state index in [9.17, 15) is 13.2 Å². The standard InChI is InChI=1S/C12H18N2O4S2/c1-13(8-10-4-7-19-9-10)20(17,18)14-5-2-11(3-6-14)12(15)16/h4,7,9,11H,2-3,5-6,8H2,1H3,(H,15,16). The van der Waals surface area contributed by atoms with E-state index in [2.05, 4.69) is 0 Å². The molecule has 0 atom stereocenters. The van der Waals surface area contributed by atoms with Crippen molar-refractivity contribution in [1.29, 1.82) is 0 Å². The van der Waals surface area contributed by atoms with Gasteiger partial charge in [-0.2, -0.15) is 28.4 Å². The van der Waals surface area contributed by atoms with Crippen LogP contribution < -0.4 is 0 Å². The Kier molecular flexibility index (Phi) is 4.79. The number of thiophene rings is 1. The maximum atomic E-state index is 12.4. The van der Waals surface area contributed by atoms with Crippen molar-refractivity contribution in [2.75, 3.05) is 20.1 Å². The van der Waals surface area contributed by atoms with Crippen molar-refractivity contribution < 1.29 is 18.3 Å². The Balaban J connectivity index is 1.98. The molecule has 8 heteroatoms. The molecule has 1 aliphatic rings. The molecule has 112 valence electrons. The van der Waals surface area contributed by atoms with Gasteiger partial charge in [-0.05, 0) is 35.2 Å². The van der Waals surface area contributed by atoms with Crippen LogP contribution in [0.5, 0.6) is 0 Å². The predicted octanol–water partition coefficient (Wildman–Crippen LogP) is 1.22. The van der Waals surface area contributed by atoms with Crippen molar-refractivity contribution in [3.63, 3.8) is 0 Å². The third kappa shape index (κ3) is 3.38. The van der Waals surface area contributed by atoms with Gasteiger partial charge >= 0.3 is 5.97 Å². The lowest BCUT2D eigenvalue weighted by Crippen LogP contribution is -2.46. The van der Waals surface area contributed by atoms with Crippen LogP contribution in [0.4, 0.5) is 0 Å². The van der Waals surface area contributed by atoms with Crippen LogP contribution in [0.1, 0.15) is 18.4 Å². The van der Waals surface area contributed by atoms with E-state index >= 15 is 0 Å². The maximum Gasteiger partial charge on any atom is 0.306 e. The summed E-state index contributed by atoms with van der Waals surface area (Å²) in [5.41, 5.74) is 0.960. The van der Waals surface area contributed by atoms with Crippen molar-refractivity contribution in [3.8, 4) is 0 Å². The lowest BCUT2D eigenvalue weighted by atomic mass is 9.99. The smallest absolute Gasteiger partial charge is 0.306 e. The minimum absolute atomic E-state index is 0.271. The van der Waals surface area contributed by atoms with Gasteiger partial charge in [-0.25, -0.2) is 0 Å². The van der Waals surface area contributed by atoms with E-state index in [4.69, 9.17) is 5.11 Å². The van der Waals surface area contributed by atoms with Crippen molar-refractivity contribution in [2.45, 2.75) is 19.4 Å². The number of piperidine rings is 1. The lowest BCUT2D eigenvalue weighted by Gasteiger charge is -2.32. The largest absolute Gasteiger partial charge is 0.481 e. The molecule has 0 bridgehead atoms. The molecule has 1 N–H and O–H groups in total. The molecule has 1 fully saturated rings. The quantitative estimate of drug-likeness (QED) is 0.885. The van der Waals surface area contributed by atoms with Gasteiger partial charge < -0.3 is 5.11 Å². The van der Waals surface area contributed by atoms with Gasteiger partial charge in [0.05, 0.1) is 5.92 Å². The molecule has 20 heavy (non-hydrogen) atoms. The first-order chi connectivity index (χ1) is 9.41. The number of rotatable bonds is 5. The van der Waals surface area contributed by atoms with Gasteiger partial charge in [0.1, 0.15) is 0 Å². The fourth-order valence-electron chi connectivity index (χ4n) is 2.25. The van der Waals surface area contributed by atoms with Gasteiger partial charge in [0, 0.05) is 26.7 Å². The highest BCUT2D eigenvalue weighted by molar-refractivity contribution is 7.86. The molecule has 0 saturated carbocycles. The first-order valence-electron chi connectivity index (χ1n) is 6.36. The van der Waals surface area contributed by atoms with Crippen LogP contribution in [0.3, 0.4) is 0 Å². The first kappa shape index (κ1) is 15.4. The molecule has 0 amide bonds. The molecule has 0 spiro atoms. The monoisotopic (exact) mass is 318 g/mol. The molecule has 2 rings (SSSR count). The highest BCUT2D eigenvalue weighted by Crippen LogP contribution is 2.22. The van der Waals surface area contributed by atoms with Gasteiger partial charge in [0.15, 0.2) is 0 Å². The van der Waals surface area contributed by atoms with E-state index in [0.29, 0.717) is 19.4 Å². The molecule has 6 nitrogen and oxygen atoms in total. The zero-order valence-electron chi connectivity index (χ0n) is 11.2. The maximum absolute atomic E-state index is 12.4. The van der Waals surface area contributed by atoms with Gasteiger partial charge in [-0.3, -0.25) is 4.79 Å². The summed E-state index contributed by atoms with van der Waals surface area (Å²) in [7, 11) is -1.96. The summed E-state index contributed by atoms with van der Waals surface area (Å²) in [6.07, 6.45) is 0.752. The molecule has 0 aliphatic carbocycles. The van der Waals surface area contributed by atoms with E-state index in [1.165, 1.54) is 19.9 Å².